The second-order valence-corrected chi connectivity index (χ2v) is 10.3. The molecule has 0 bridgehead atoms. The van der Waals surface area contributed by atoms with E-state index in [0.29, 0.717) is 22.3 Å². The van der Waals surface area contributed by atoms with Crippen LogP contribution < -0.4 is 5.32 Å². The number of hydrogen-bond acceptors (Lipinski definition) is 4. The number of sulfone groups is 1. The molecule has 0 aliphatic carbocycles. The van der Waals surface area contributed by atoms with E-state index >= 15 is 0 Å². The number of hydrogen-bond donors (Lipinski definition) is 1. The standard InChI is InChI=1S/C18H24ClFN2.C4H10O2S/c1-6-8-16(12(3)7-2)18(13(4)19)22-14(5)17-10-9-15(20)11-21-17;1-4(2)7(3,5)6/h8-12,22H,5-7H2,1-4H3;4H,1-3H3/b16-8+,18-13+;/t12-;/m0./s1. The molecule has 29 heavy (non-hydrogen) atoms. The SMILES string of the molecule is C=C(NC(/C(=C/CC)[C@@H](C)CC)=C(\C)Cl)c1ccc(F)cn1.CC(C)S(C)(=O)=O. The van der Waals surface area contributed by atoms with Crippen molar-refractivity contribution in [1.82, 2.24) is 10.3 Å². The lowest BCUT2D eigenvalue weighted by Gasteiger charge is -2.21. The first-order chi connectivity index (χ1) is 13.3. The fourth-order valence-corrected chi connectivity index (χ4v) is 2.27. The maximum Gasteiger partial charge on any atom is 0.149 e. The molecule has 1 aromatic heterocycles. The van der Waals surface area contributed by atoms with E-state index in [2.05, 4.69) is 43.7 Å². The summed E-state index contributed by atoms with van der Waals surface area (Å²) in [5, 5.41) is 3.69. The van der Waals surface area contributed by atoms with Crippen molar-refractivity contribution in [3.63, 3.8) is 0 Å². The molecule has 0 saturated heterocycles. The van der Waals surface area contributed by atoms with E-state index in [0.717, 1.165) is 18.5 Å². The monoisotopic (exact) mass is 444 g/mol. The molecule has 0 saturated carbocycles. The van der Waals surface area contributed by atoms with E-state index in [-0.39, 0.29) is 11.1 Å². The van der Waals surface area contributed by atoms with E-state index in [4.69, 9.17) is 11.6 Å². The third-order valence-electron chi connectivity index (χ3n) is 4.37. The molecule has 0 unspecified atom stereocenters. The zero-order valence-electron chi connectivity index (χ0n) is 18.5. The summed E-state index contributed by atoms with van der Waals surface area (Å²) in [6.07, 6.45) is 6.53. The molecule has 7 heteroatoms. The van der Waals surface area contributed by atoms with Crippen LogP contribution in [-0.2, 0) is 9.84 Å². The summed E-state index contributed by atoms with van der Waals surface area (Å²) < 4.78 is 33.6. The van der Waals surface area contributed by atoms with Crippen molar-refractivity contribution in [2.75, 3.05) is 6.26 Å². The number of allylic oxidation sites excluding steroid dienone is 3. The Hall–Kier alpha value is -1.66. The highest BCUT2D eigenvalue weighted by Crippen LogP contribution is 2.27. The van der Waals surface area contributed by atoms with Crippen molar-refractivity contribution in [3.8, 4) is 0 Å². The highest BCUT2D eigenvalue weighted by Gasteiger charge is 2.15. The minimum atomic E-state index is -2.74. The van der Waals surface area contributed by atoms with Gasteiger partial charge in [0.25, 0.3) is 0 Å². The van der Waals surface area contributed by atoms with Crippen LogP contribution in [-0.4, -0.2) is 24.9 Å². The quantitative estimate of drug-likeness (QED) is 0.494. The van der Waals surface area contributed by atoms with Gasteiger partial charge in [-0.25, -0.2) is 12.8 Å². The van der Waals surface area contributed by atoms with Crippen molar-refractivity contribution in [1.29, 1.82) is 0 Å². The van der Waals surface area contributed by atoms with Gasteiger partial charge in [0.2, 0.25) is 0 Å². The van der Waals surface area contributed by atoms with E-state index < -0.39 is 9.84 Å². The molecule has 0 amide bonds. The van der Waals surface area contributed by atoms with Crippen molar-refractivity contribution >= 4 is 27.1 Å². The second kappa shape index (κ2) is 12.8. The van der Waals surface area contributed by atoms with Gasteiger partial charge < -0.3 is 5.32 Å². The van der Waals surface area contributed by atoms with Crippen LogP contribution in [0, 0.1) is 11.7 Å². The van der Waals surface area contributed by atoms with Gasteiger partial charge >= 0.3 is 0 Å². The average molecular weight is 445 g/mol. The van der Waals surface area contributed by atoms with Crippen molar-refractivity contribution < 1.29 is 12.8 Å². The molecule has 1 atom stereocenters. The third-order valence-corrected chi connectivity index (χ3v) is 6.27. The van der Waals surface area contributed by atoms with Gasteiger partial charge in [0.1, 0.15) is 15.7 Å². The highest BCUT2D eigenvalue weighted by atomic mass is 35.5. The number of nitrogens with zero attached hydrogens (tertiary/aromatic N) is 1. The maximum atomic E-state index is 13.0. The second-order valence-electron chi connectivity index (χ2n) is 7.13. The summed E-state index contributed by atoms with van der Waals surface area (Å²) in [5.41, 5.74) is 3.21. The van der Waals surface area contributed by atoms with Gasteiger partial charge in [0.15, 0.2) is 0 Å². The molecular weight excluding hydrogens is 411 g/mol. The fourth-order valence-electron chi connectivity index (χ4n) is 2.12. The summed E-state index contributed by atoms with van der Waals surface area (Å²) in [6.45, 7) is 15.6. The Labute approximate surface area is 180 Å². The minimum absolute atomic E-state index is 0.229. The van der Waals surface area contributed by atoms with Gasteiger partial charge in [-0.05, 0) is 57.2 Å². The Morgan fingerprint density at radius 1 is 1.31 bits per heavy atom. The van der Waals surface area contributed by atoms with Gasteiger partial charge in [-0.15, -0.1) is 0 Å². The molecule has 1 heterocycles. The van der Waals surface area contributed by atoms with Crippen molar-refractivity contribution in [2.24, 2.45) is 5.92 Å². The maximum absolute atomic E-state index is 13.0. The molecule has 0 aliphatic rings. The number of halogens is 2. The Morgan fingerprint density at radius 3 is 2.21 bits per heavy atom. The van der Waals surface area contributed by atoms with Crippen LogP contribution in [0.2, 0.25) is 0 Å². The van der Waals surface area contributed by atoms with Crippen LogP contribution >= 0.6 is 11.6 Å². The topological polar surface area (TPSA) is 59.1 Å². The first-order valence-electron chi connectivity index (χ1n) is 9.68. The van der Waals surface area contributed by atoms with Crippen LogP contribution in [0.25, 0.3) is 5.70 Å². The van der Waals surface area contributed by atoms with E-state index in [9.17, 15) is 12.8 Å². The molecule has 1 rings (SSSR count). The zero-order chi connectivity index (χ0) is 22.8. The van der Waals surface area contributed by atoms with E-state index in [1.54, 1.807) is 19.9 Å². The normalized spacial score (nSPS) is 13.9. The molecule has 4 nitrogen and oxygen atoms in total. The van der Waals surface area contributed by atoms with Crippen LogP contribution in [0.15, 0.2) is 47.3 Å². The number of nitrogens with one attached hydrogen (secondary N) is 1. The third kappa shape index (κ3) is 10.1. The molecule has 1 N–H and O–H groups in total. The van der Waals surface area contributed by atoms with Crippen molar-refractivity contribution in [2.45, 2.75) is 59.6 Å². The lowest BCUT2D eigenvalue weighted by Crippen LogP contribution is -2.18. The fraction of sp³-hybridized carbons (Fsp3) is 0.500. The molecular formula is C22H34ClFN2O2S. The molecule has 0 aromatic carbocycles. The average Bonchev–Trinajstić information content (AvgIpc) is 2.63. The van der Waals surface area contributed by atoms with Crippen LogP contribution in [0.5, 0.6) is 0 Å². The first kappa shape index (κ1) is 27.3. The molecule has 0 radical (unpaired) electrons. The zero-order valence-corrected chi connectivity index (χ0v) is 20.1. The summed E-state index contributed by atoms with van der Waals surface area (Å²) >= 11 is 6.29. The minimum Gasteiger partial charge on any atom is -0.353 e. The molecule has 164 valence electrons. The molecule has 0 aliphatic heterocycles. The number of pyridine rings is 1. The summed E-state index contributed by atoms with van der Waals surface area (Å²) in [5.74, 6) is 0.0112. The number of aromatic nitrogens is 1. The van der Waals surface area contributed by atoms with Gasteiger partial charge in [-0.2, -0.15) is 0 Å². The van der Waals surface area contributed by atoms with Crippen LogP contribution in [0.1, 0.15) is 60.1 Å². The molecule has 0 spiro atoms. The molecule has 0 fully saturated rings. The predicted octanol–water partition coefficient (Wildman–Crippen LogP) is 6.07. The Bertz CT molecular complexity index is 825. The van der Waals surface area contributed by atoms with E-state index in [1.165, 1.54) is 24.1 Å². The van der Waals surface area contributed by atoms with Gasteiger partial charge in [-0.3, -0.25) is 4.98 Å². The number of rotatable bonds is 8. The highest BCUT2D eigenvalue weighted by molar-refractivity contribution is 7.91. The van der Waals surface area contributed by atoms with Gasteiger partial charge in [0.05, 0.1) is 28.5 Å². The lowest BCUT2D eigenvalue weighted by atomic mass is 9.94. The lowest BCUT2D eigenvalue weighted by molar-refractivity contribution is 0.593. The Morgan fingerprint density at radius 2 is 1.86 bits per heavy atom. The van der Waals surface area contributed by atoms with Crippen LogP contribution in [0.4, 0.5) is 4.39 Å². The van der Waals surface area contributed by atoms with Crippen LogP contribution in [0.3, 0.4) is 0 Å². The largest absolute Gasteiger partial charge is 0.353 e. The summed E-state index contributed by atoms with van der Waals surface area (Å²) in [7, 11) is -2.74. The van der Waals surface area contributed by atoms with Gasteiger partial charge in [-0.1, -0.05) is 45.0 Å². The summed E-state index contributed by atoms with van der Waals surface area (Å²) in [6, 6.07) is 2.96. The first-order valence-corrected chi connectivity index (χ1v) is 12.0. The van der Waals surface area contributed by atoms with E-state index in [1.807, 2.05) is 6.92 Å². The Balaban J connectivity index is 0.000000956. The summed E-state index contributed by atoms with van der Waals surface area (Å²) in [4.78, 5) is 4.04. The Kier molecular flexibility index (Phi) is 12.1. The molecule has 1 aromatic rings. The smallest absolute Gasteiger partial charge is 0.149 e. The predicted molar refractivity (Wildman–Crippen MR) is 123 cm³/mol. The van der Waals surface area contributed by atoms with Crippen molar-refractivity contribution in [3.05, 3.63) is 58.8 Å². The van der Waals surface area contributed by atoms with Gasteiger partial charge in [0, 0.05) is 11.3 Å².